The molecule has 1 aliphatic rings. The molecule has 1 aromatic rings. The van der Waals surface area contributed by atoms with Crippen LogP contribution in [0.15, 0.2) is 30.3 Å². The highest BCUT2D eigenvalue weighted by Gasteiger charge is 2.33. The van der Waals surface area contributed by atoms with E-state index in [1.54, 1.807) is 0 Å². The highest BCUT2D eigenvalue weighted by molar-refractivity contribution is 5.77. The molecule has 1 N–H and O–H groups in total. The first kappa shape index (κ1) is 12.1. The van der Waals surface area contributed by atoms with Gasteiger partial charge >= 0.3 is 5.97 Å². The van der Waals surface area contributed by atoms with Gasteiger partial charge in [0, 0.05) is 13.1 Å². The summed E-state index contributed by atoms with van der Waals surface area (Å²) in [6.45, 7) is 1.24. The number of methoxy groups -OCH3 is 1. The molecule has 0 radical (unpaired) electrons. The molecule has 1 fully saturated rings. The van der Waals surface area contributed by atoms with Crippen LogP contribution in [0.1, 0.15) is 18.0 Å². The van der Waals surface area contributed by atoms with E-state index in [9.17, 15) is 9.90 Å². The van der Waals surface area contributed by atoms with Crippen LogP contribution in [-0.2, 0) is 9.53 Å². The van der Waals surface area contributed by atoms with E-state index in [0.717, 1.165) is 12.1 Å². The van der Waals surface area contributed by atoms with Gasteiger partial charge in [-0.25, -0.2) is 4.79 Å². The molecular weight excluding hydrogens is 218 g/mol. The van der Waals surface area contributed by atoms with Crippen LogP contribution in [0.2, 0.25) is 0 Å². The Morgan fingerprint density at radius 2 is 2.18 bits per heavy atom. The number of rotatable bonds is 3. The predicted octanol–water partition coefficient (Wildman–Crippen LogP) is 0.967. The van der Waals surface area contributed by atoms with E-state index in [-0.39, 0.29) is 12.1 Å². The first-order chi connectivity index (χ1) is 8.22. The maximum atomic E-state index is 11.9. The van der Waals surface area contributed by atoms with Gasteiger partial charge in [-0.05, 0) is 12.0 Å². The van der Waals surface area contributed by atoms with E-state index in [2.05, 4.69) is 0 Å². The summed E-state index contributed by atoms with van der Waals surface area (Å²) < 4.78 is 4.85. The Labute approximate surface area is 101 Å². The van der Waals surface area contributed by atoms with Crippen molar-refractivity contribution < 1.29 is 14.6 Å². The van der Waals surface area contributed by atoms with Crippen molar-refractivity contribution in [3.63, 3.8) is 0 Å². The van der Waals surface area contributed by atoms with E-state index in [1.165, 1.54) is 7.11 Å². The van der Waals surface area contributed by atoms with Crippen molar-refractivity contribution in [3.8, 4) is 0 Å². The molecule has 1 aliphatic heterocycles. The Kier molecular flexibility index (Phi) is 3.76. The van der Waals surface area contributed by atoms with Gasteiger partial charge in [-0.15, -0.1) is 0 Å². The monoisotopic (exact) mass is 235 g/mol. The molecule has 2 atom stereocenters. The van der Waals surface area contributed by atoms with Crippen LogP contribution in [0.5, 0.6) is 0 Å². The molecule has 0 saturated carbocycles. The van der Waals surface area contributed by atoms with Crippen LogP contribution >= 0.6 is 0 Å². The molecular formula is C13H17NO3. The second-order valence-electron chi connectivity index (χ2n) is 4.27. The molecule has 0 aromatic heterocycles. The first-order valence-electron chi connectivity index (χ1n) is 5.77. The van der Waals surface area contributed by atoms with Gasteiger partial charge in [0.05, 0.1) is 13.2 Å². The van der Waals surface area contributed by atoms with Gasteiger partial charge < -0.3 is 9.84 Å². The largest absolute Gasteiger partial charge is 0.468 e. The van der Waals surface area contributed by atoms with Crippen LogP contribution in [0, 0.1) is 0 Å². The quantitative estimate of drug-likeness (QED) is 0.793. The van der Waals surface area contributed by atoms with Crippen LogP contribution in [0.3, 0.4) is 0 Å². The van der Waals surface area contributed by atoms with Gasteiger partial charge in [0.15, 0.2) is 0 Å². The third-order valence-corrected chi connectivity index (χ3v) is 3.10. The van der Waals surface area contributed by atoms with Gasteiger partial charge in [-0.3, -0.25) is 4.90 Å². The first-order valence-corrected chi connectivity index (χ1v) is 5.77. The molecule has 1 heterocycles. The molecule has 1 unspecified atom stereocenters. The Morgan fingerprint density at radius 1 is 1.47 bits per heavy atom. The van der Waals surface area contributed by atoms with Crippen LogP contribution in [0.4, 0.5) is 0 Å². The van der Waals surface area contributed by atoms with E-state index < -0.39 is 6.04 Å². The smallest absolute Gasteiger partial charge is 0.327 e. The number of nitrogens with zero attached hydrogens (tertiary/aromatic N) is 1. The summed E-state index contributed by atoms with van der Waals surface area (Å²) in [5.74, 6) is -0.273. The summed E-state index contributed by atoms with van der Waals surface area (Å²) in [6.07, 6.45) is 0.367. The van der Waals surface area contributed by atoms with Crippen molar-refractivity contribution in [2.75, 3.05) is 20.2 Å². The fourth-order valence-corrected chi connectivity index (χ4v) is 2.25. The minimum absolute atomic E-state index is 0.273. The number of hydrogen-bond donors (Lipinski definition) is 1. The summed E-state index contributed by atoms with van der Waals surface area (Å²) in [5, 5.41) is 9.56. The van der Waals surface area contributed by atoms with Gasteiger partial charge in [-0.2, -0.15) is 0 Å². The third kappa shape index (κ3) is 2.65. The number of benzene rings is 1. The van der Waals surface area contributed by atoms with Gasteiger partial charge in [-0.1, -0.05) is 30.3 Å². The van der Waals surface area contributed by atoms with Crippen molar-refractivity contribution in [2.24, 2.45) is 0 Å². The van der Waals surface area contributed by atoms with Crippen LogP contribution in [-0.4, -0.2) is 42.3 Å². The van der Waals surface area contributed by atoms with E-state index in [4.69, 9.17) is 4.74 Å². The molecule has 0 aliphatic carbocycles. The second-order valence-corrected chi connectivity index (χ2v) is 4.27. The fraction of sp³-hybridized carbons (Fsp3) is 0.462. The molecule has 1 saturated heterocycles. The van der Waals surface area contributed by atoms with Crippen molar-refractivity contribution in [2.45, 2.75) is 18.6 Å². The SMILES string of the molecule is COC(=O)C(c1ccccc1)N1CC[C@H](O)C1. The normalized spacial score (nSPS) is 22.4. The average molecular weight is 235 g/mol. The topological polar surface area (TPSA) is 49.8 Å². The number of aliphatic hydroxyl groups is 1. The summed E-state index contributed by atoms with van der Waals surface area (Å²) in [4.78, 5) is 13.8. The molecule has 92 valence electrons. The van der Waals surface area contributed by atoms with Crippen molar-refractivity contribution in [3.05, 3.63) is 35.9 Å². The number of aliphatic hydroxyl groups excluding tert-OH is 1. The average Bonchev–Trinajstić information content (AvgIpc) is 2.77. The molecule has 0 bridgehead atoms. The summed E-state index contributed by atoms with van der Waals surface area (Å²) in [6, 6.07) is 9.13. The minimum atomic E-state index is -0.404. The number of carbonyl (C=O) groups excluding carboxylic acids is 1. The summed E-state index contributed by atoms with van der Waals surface area (Å²) >= 11 is 0. The molecule has 0 amide bonds. The van der Waals surface area contributed by atoms with E-state index in [0.29, 0.717) is 13.0 Å². The standard InChI is InChI=1S/C13H17NO3/c1-17-13(16)12(10-5-3-2-4-6-10)14-8-7-11(15)9-14/h2-6,11-12,15H,7-9H2,1H3/t11-,12?/m0/s1. The number of esters is 1. The molecule has 4 nitrogen and oxygen atoms in total. The van der Waals surface area contributed by atoms with Crippen LogP contribution < -0.4 is 0 Å². The zero-order chi connectivity index (χ0) is 12.3. The Morgan fingerprint density at radius 3 is 2.71 bits per heavy atom. The molecule has 4 heteroatoms. The lowest BCUT2D eigenvalue weighted by Crippen LogP contribution is -2.33. The predicted molar refractivity (Wildman–Crippen MR) is 63.4 cm³/mol. The zero-order valence-electron chi connectivity index (χ0n) is 9.87. The number of ether oxygens (including phenoxy) is 1. The lowest BCUT2D eigenvalue weighted by molar-refractivity contribution is -0.147. The fourth-order valence-electron chi connectivity index (χ4n) is 2.25. The number of β-amino-alcohol motifs (C(OH)–C–C–N with tert-alkyl or cyclic N) is 1. The number of likely N-dealkylation sites (tertiary alicyclic amines) is 1. The number of hydrogen-bond acceptors (Lipinski definition) is 4. The highest BCUT2D eigenvalue weighted by Crippen LogP contribution is 2.26. The Balaban J connectivity index is 2.23. The van der Waals surface area contributed by atoms with Crippen LogP contribution in [0.25, 0.3) is 0 Å². The second kappa shape index (κ2) is 5.29. The van der Waals surface area contributed by atoms with Gasteiger partial charge in [0.2, 0.25) is 0 Å². The molecule has 17 heavy (non-hydrogen) atoms. The Hall–Kier alpha value is -1.39. The Bertz CT molecular complexity index is 380. The molecule has 1 aromatic carbocycles. The maximum Gasteiger partial charge on any atom is 0.327 e. The lowest BCUT2D eigenvalue weighted by Gasteiger charge is -2.25. The molecule has 2 rings (SSSR count). The summed E-state index contributed by atoms with van der Waals surface area (Å²) in [5.41, 5.74) is 0.911. The zero-order valence-corrected chi connectivity index (χ0v) is 9.87. The number of carbonyl (C=O) groups is 1. The lowest BCUT2D eigenvalue weighted by atomic mass is 10.1. The minimum Gasteiger partial charge on any atom is -0.468 e. The van der Waals surface area contributed by atoms with Crippen molar-refractivity contribution in [1.82, 2.24) is 4.90 Å². The van der Waals surface area contributed by atoms with Crippen molar-refractivity contribution >= 4 is 5.97 Å². The van der Waals surface area contributed by atoms with Gasteiger partial charge in [0.1, 0.15) is 6.04 Å². The highest BCUT2D eigenvalue weighted by atomic mass is 16.5. The van der Waals surface area contributed by atoms with Crippen molar-refractivity contribution in [1.29, 1.82) is 0 Å². The third-order valence-electron chi connectivity index (χ3n) is 3.10. The van der Waals surface area contributed by atoms with E-state index in [1.807, 2.05) is 35.2 Å². The molecule has 0 spiro atoms. The summed E-state index contributed by atoms with van der Waals surface area (Å²) in [7, 11) is 1.39. The maximum absolute atomic E-state index is 11.9. The van der Waals surface area contributed by atoms with E-state index >= 15 is 0 Å². The van der Waals surface area contributed by atoms with Gasteiger partial charge in [0.25, 0.3) is 0 Å².